The number of carbonyl (C=O) groups is 2. The zero-order valence-electron chi connectivity index (χ0n) is 13.9. The van der Waals surface area contributed by atoms with Gasteiger partial charge in [-0.15, -0.1) is 0 Å². The molecule has 1 aromatic carbocycles. The molecule has 24 heavy (non-hydrogen) atoms. The second kappa shape index (κ2) is 7.66. The number of hydrogen-bond donors (Lipinski definition) is 2. The van der Waals surface area contributed by atoms with Gasteiger partial charge in [0.15, 0.2) is 0 Å². The highest BCUT2D eigenvalue weighted by atomic mass is 16.3. The van der Waals surface area contributed by atoms with Crippen LogP contribution in [0.25, 0.3) is 0 Å². The van der Waals surface area contributed by atoms with Gasteiger partial charge in [0, 0.05) is 37.4 Å². The monoisotopic (exact) mass is 331 g/mol. The number of benzene rings is 1. The van der Waals surface area contributed by atoms with Crippen molar-refractivity contribution in [3.63, 3.8) is 0 Å². The Morgan fingerprint density at radius 1 is 1.04 bits per heavy atom. The van der Waals surface area contributed by atoms with Gasteiger partial charge in [-0.1, -0.05) is 6.07 Å². The molecular formula is C18H25N3O3. The molecule has 6 nitrogen and oxygen atoms in total. The normalized spacial score (nSPS) is 21.5. The van der Waals surface area contributed by atoms with Crippen LogP contribution in [0.2, 0.25) is 0 Å². The number of likely N-dealkylation sites (tertiary alicyclic amines) is 2. The Hall–Kier alpha value is -2.08. The molecule has 2 aliphatic heterocycles. The molecule has 0 spiro atoms. The zero-order chi connectivity index (χ0) is 16.9. The molecule has 2 saturated heterocycles. The summed E-state index contributed by atoms with van der Waals surface area (Å²) in [6.07, 6.45) is 4.39. The van der Waals surface area contributed by atoms with Gasteiger partial charge >= 0.3 is 6.03 Å². The van der Waals surface area contributed by atoms with Crippen molar-refractivity contribution in [2.75, 3.05) is 31.5 Å². The van der Waals surface area contributed by atoms with Crippen LogP contribution in [-0.4, -0.2) is 59.1 Å². The Morgan fingerprint density at radius 2 is 1.79 bits per heavy atom. The van der Waals surface area contributed by atoms with E-state index >= 15 is 0 Å². The van der Waals surface area contributed by atoms with Crippen LogP contribution < -0.4 is 5.32 Å². The third-order valence-corrected chi connectivity index (χ3v) is 4.69. The molecule has 2 heterocycles. The van der Waals surface area contributed by atoms with Crippen molar-refractivity contribution in [2.45, 2.75) is 38.2 Å². The molecule has 2 fully saturated rings. The van der Waals surface area contributed by atoms with E-state index in [1.807, 2.05) is 4.90 Å². The predicted molar refractivity (Wildman–Crippen MR) is 92.0 cm³/mol. The molecule has 130 valence electrons. The maximum Gasteiger partial charge on any atom is 0.321 e. The molecular weight excluding hydrogens is 306 g/mol. The number of carbonyl (C=O) groups excluding carboxylic acids is 2. The van der Waals surface area contributed by atoms with Gasteiger partial charge in [-0.25, -0.2) is 4.79 Å². The highest BCUT2D eigenvalue weighted by Gasteiger charge is 2.23. The number of aliphatic hydroxyl groups is 1. The molecule has 0 aromatic heterocycles. The number of anilines is 1. The van der Waals surface area contributed by atoms with E-state index in [0.29, 0.717) is 24.3 Å². The first-order valence-electron chi connectivity index (χ1n) is 8.77. The van der Waals surface area contributed by atoms with Crippen molar-refractivity contribution in [3.05, 3.63) is 29.8 Å². The number of piperidine rings is 2. The smallest absolute Gasteiger partial charge is 0.321 e. The lowest BCUT2D eigenvalue weighted by Crippen LogP contribution is -2.44. The summed E-state index contributed by atoms with van der Waals surface area (Å²) < 4.78 is 0. The molecule has 1 atom stereocenters. The van der Waals surface area contributed by atoms with Crippen LogP contribution in [0.4, 0.5) is 10.5 Å². The molecule has 0 saturated carbocycles. The highest BCUT2D eigenvalue weighted by Crippen LogP contribution is 2.18. The maximum absolute atomic E-state index is 12.6. The lowest BCUT2D eigenvalue weighted by Gasteiger charge is -2.30. The van der Waals surface area contributed by atoms with E-state index in [1.165, 1.54) is 6.42 Å². The summed E-state index contributed by atoms with van der Waals surface area (Å²) in [5.74, 6) is 0.0270. The van der Waals surface area contributed by atoms with Gasteiger partial charge in [0.05, 0.1) is 6.10 Å². The topological polar surface area (TPSA) is 72.9 Å². The van der Waals surface area contributed by atoms with Crippen molar-refractivity contribution in [2.24, 2.45) is 0 Å². The molecule has 1 aromatic rings. The first-order valence-corrected chi connectivity index (χ1v) is 8.77. The summed E-state index contributed by atoms with van der Waals surface area (Å²) in [7, 11) is 0. The molecule has 6 heteroatoms. The van der Waals surface area contributed by atoms with Crippen molar-refractivity contribution in [1.29, 1.82) is 0 Å². The second-order valence-corrected chi connectivity index (χ2v) is 6.61. The second-order valence-electron chi connectivity index (χ2n) is 6.61. The van der Waals surface area contributed by atoms with E-state index in [-0.39, 0.29) is 11.9 Å². The lowest BCUT2D eigenvalue weighted by molar-refractivity contribution is 0.0724. The van der Waals surface area contributed by atoms with Crippen molar-refractivity contribution in [1.82, 2.24) is 9.80 Å². The Kier molecular flexibility index (Phi) is 5.35. The van der Waals surface area contributed by atoms with Gasteiger partial charge in [0.2, 0.25) is 0 Å². The first kappa shape index (κ1) is 16.8. The minimum atomic E-state index is -0.448. The van der Waals surface area contributed by atoms with Gasteiger partial charge < -0.3 is 20.2 Å². The van der Waals surface area contributed by atoms with E-state index in [9.17, 15) is 14.7 Å². The molecule has 0 radical (unpaired) electrons. The molecule has 0 unspecified atom stereocenters. The van der Waals surface area contributed by atoms with Crippen molar-refractivity contribution in [3.8, 4) is 0 Å². The summed E-state index contributed by atoms with van der Waals surface area (Å²) in [6.45, 7) is 2.62. The van der Waals surface area contributed by atoms with Gasteiger partial charge in [0.1, 0.15) is 0 Å². The summed E-state index contributed by atoms with van der Waals surface area (Å²) in [5.41, 5.74) is 1.22. The van der Waals surface area contributed by atoms with Crippen LogP contribution in [0.3, 0.4) is 0 Å². The number of nitrogens with one attached hydrogen (secondary N) is 1. The summed E-state index contributed by atoms with van der Waals surface area (Å²) >= 11 is 0. The van der Waals surface area contributed by atoms with E-state index in [4.69, 9.17) is 0 Å². The fraction of sp³-hybridized carbons (Fsp3) is 0.556. The number of aliphatic hydroxyl groups excluding tert-OH is 1. The zero-order valence-corrected chi connectivity index (χ0v) is 13.9. The molecule has 2 aliphatic rings. The van der Waals surface area contributed by atoms with Gasteiger partial charge in [-0.3, -0.25) is 4.79 Å². The Morgan fingerprint density at radius 3 is 2.54 bits per heavy atom. The van der Waals surface area contributed by atoms with Crippen LogP contribution in [0.15, 0.2) is 24.3 Å². The van der Waals surface area contributed by atoms with Crippen molar-refractivity contribution < 1.29 is 14.7 Å². The number of nitrogens with zero attached hydrogens (tertiary/aromatic N) is 2. The van der Waals surface area contributed by atoms with E-state index in [0.717, 1.165) is 38.8 Å². The first-order chi connectivity index (χ1) is 11.6. The van der Waals surface area contributed by atoms with Crippen LogP contribution in [0, 0.1) is 0 Å². The number of β-amino-alcohol motifs (C(OH)–C–C–N with tert-alkyl or cyclic N) is 1. The van der Waals surface area contributed by atoms with Gasteiger partial charge in [-0.2, -0.15) is 0 Å². The number of hydrogen-bond acceptors (Lipinski definition) is 3. The van der Waals surface area contributed by atoms with Crippen LogP contribution in [-0.2, 0) is 0 Å². The van der Waals surface area contributed by atoms with Crippen molar-refractivity contribution >= 4 is 17.6 Å². The largest absolute Gasteiger partial charge is 0.391 e. The summed E-state index contributed by atoms with van der Waals surface area (Å²) in [6, 6.07) is 6.87. The van der Waals surface area contributed by atoms with Gasteiger partial charge in [0.25, 0.3) is 5.91 Å². The van der Waals surface area contributed by atoms with Crippen LogP contribution in [0.1, 0.15) is 42.5 Å². The third kappa shape index (κ3) is 4.06. The Balaban J connectivity index is 1.64. The molecule has 3 amide bonds. The molecule has 3 rings (SSSR count). The standard InChI is InChI=1S/C18H25N3O3/c22-16-8-5-11-21(13-16)18(24)19-15-7-4-6-14(12-15)17(23)20-9-2-1-3-10-20/h4,6-7,12,16,22H,1-3,5,8-11,13H2,(H,19,24)/t16-/m0/s1. The molecule has 0 bridgehead atoms. The lowest BCUT2D eigenvalue weighted by atomic mass is 10.1. The fourth-order valence-corrected chi connectivity index (χ4v) is 3.35. The molecule has 0 aliphatic carbocycles. The third-order valence-electron chi connectivity index (χ3n) is 4.69. The predicted octanol–water partition coefficient (Wildman–Crippen LogP) is 2.30. The maximum atomic E-state index is 12.6. The van der Waals surface area contributed by atoms with Crippen LogP contribution >= 0.6 is 0 Å². The Labute approximate surface area is 142 Å². The Bertz CT molecular complexity index is 599. The van der Waals surface area contributed by atoms with E-state index in [2.05, 4.69) is 5.32 Å². The quantitative estimate of drug-likeness (QED) is 0.873. The number of urea groups is 1. The highest BCUT2D eigenvalue weighted by molar-refractivity contribution is 5.97. The number of amides is 3. The fourth-order valence-electron chi connectivity index (χ4n) is 3.35. The summed E-state index contributed by atoms with van der Waals surface area (Å²) in [4.78, 5) is 28.4. The minimum absolute atomic E-state index is 0.0270. The average molecular weight is 331 g/mol. The van der Waals surface area contributed by atoms with Gasteiger partial charge in [-0.05, 0) is 50.3 Å². The average Bonchev–Trinajstić information content (AvgIpc) is 2.62. The van der Waals surface area contributed by atoms with E-state index in [1.54, 1.807) is 29.2 Å². The minimum Gasteiger partial charge on any atom is -0.391 e. The molecule has 2 N–H and O–H groups in total. The summed E-state index contributed by atoms with van der Waals surface area (Å²) in [5, 5.41) is 12.5. The van der Waals surface area contributed by atoms with Crippen LogP contribution in [0.5, 0.6) is 0 Å². The van der Waals surface area contributed by atoms with E-state index < -0.39 is 6.10 Å². The number of rotatable bonds is 2. The SMILES string of the molecule is O=C(Nc1cccc(C(=O)N2CCCCC2)c1)N1CCC[C@H](O)C1.